The largest absolute Gasteiger partial charge is 0.386 e. The van der Waals surface area contributed by atoms with E-state index in [1.807, 2.05) is 0 Å². The number of hydrogen-bond acceptors (Lipinski definition) is 16. The minimum absolute atomic E-state index is 0.0379. The second kappa shape index (κ2) is 11.9. The first-order valence-electron chi connectivity index (χ1n) is 12.5. The van der Waals surface area contributed by atoms with E-state index < -0.39 is 68.3 Å². The molecule has 5 N–H and O–H groups in total. The molecule has 2 aliphatic heterocycles. The van der Waals surface area contributed by atoms with Crippen LogP contribution < -0.4 is 16.9 Å². The van der Waals surface area contributed by atoms with Crippen molar-refractivity contribution in [1.82, 2.24) is 49.9 Å². The first kappa shape index (κ1) is 31.2. The molecule has 8 atom stereocenters. The molecule has 26 heteroatoms. The van der Waals surface area contributed by atoms with Gasteiger partial charge in [-0.25, -0.2) is 18.5 Å². The Morgan fingerprint density at radius 1 is 1.07 bits per heavy atom. The van der Waals surface area contributed by atoms with Gasteiger partial charge in [0.2, 0.25) is 5.95 Å². The molecule has 21 nitrogen and oxygen atoms in total. The zero-order valence-corrected chi connectivity index (χ0v) is 25.4. The van der Waals surface area contributed by atoms with Crippen LogP contribution in [0.5, 0.6) is 0 Å². The van der Waals surface area contributed by atoms with Crippen molar-refractivity contribution in [2.24, 2.45) is 0 Å². The topological polar surface area (TPSA) is 279 Å². The van der Waals surface area contributed by atoms with Crippen molar-refractivity contribution in [2.45, 2.75) is 49.8 Å². The number of ether oxygens (including phenoxy) is 2. The Labute approximate surface area is 253 Å². The number of aromatic amines is 2. The van der Waals surface area contributed by atoms with Gasteiger partial charge in [-0.3, -0.25) is 28.1 Å². The summed E-state index contributed by atoms with van der Waals surface area (Å²) >= 11 is 7.39. The minimum Gasteiger partial charge on any atom is -0.369 e. The molecule has 2 fully saturated rings. The molecule has 44 heavy (non-hydrogen) atoms. The van der Waals surface area contributed by atoms with Gasteiger partial charge in [0.05, 0.1) is 25.6 Å². The highest BCUT2D eigenvalue weighted by atomic mass is 32.7. The standard InChI is InChI=1S/C18H22FN11O10P2S2/c19-9-12(7(4-36-41(33,34)43)39-17(9)30-13-10(25-28-30)15(31)22-5-21-13)40-42(35,44)37-3-6-1-2-8(38-6)29-14-11(26-27-29)16(32)24-18(20)23-14/h5-9,12,17H,1-4H2,(H,35,44)(H,21,22,31)(H2,33,34,43)(H3,20,23,24,32)/t6-,7+,8+,9-,12+,17+,42?/m0/s1. The molecule has 0 spiro atoms. The number of alkyl halides is 1. The lowest BCUT2D eigenvalue weighted by Crippen LogP contribution is -2.33. The van der Waals surface area contributed by atoms with E-state index in [1.165, 1.54) is 4.68 Å². The van der Waals surface area contributed by atoms with Crippen molar-refractivity contribution in [3.63, 3.8) is 0 Å². The number of nitrogens with one attached hydrogen (secondary N) is 2. The van der Waals surface area contributed by atoms with Crippen molar-refractivity contribution in [3.8, 4) is 0 Å². The van der Waals surface area contributed by atoms with Crippen LogP contribution in [0, 0.1) is 0 Å². The van der Waals surface area contributed by atoms with Crippen LogP contribution in [0.2, 0.25) is 0 Å². The summed E-state index contributed by atoms with van der Waals surface area (Å²) in [5.41, 5.74) is 4.12. The number of nitrogens with zero attached hydrogens (tertiary/aromatic N) is 8. The highest BCUT2D eigenvalue weighted by molar-refractivity contribution is 8.44. The Balaban J connectivity index is 1.14. The summed E-state index contributed by atoms with van der Waals surface area (Å²) in [7, 11) is 0. The summed E-state index contributed by atoms with van der Waals surface area (Å²) in [6, 6.07) is 0. The Morgan fingerprint density at radius 3 is 2.55 bits per heavy atom. The predicted molar refractivity (Wildman–Crippen MR) is 150 cm³/mol. The van der Waals surface area contributed by atoms with E-state index in [-0.39, 0.29) is 34.9 Å². The fourth-order valence-corrected chi connectivity index (χ4v) is 6.71. The molecule has 2 unspecified atom stereocenters. The average Bonchev–Trinajstić information content (AvgIpc) is 3.73. The molecule has 6 rings (SSSR count). The zero-order valence-electron chi connectivity index (χ0n) is 21.8. The Hall–Kier alpha value is -2.79. The number of nitrogens with two attached hydrogens (primary N) is 1. The third kappa shape index (κ3) is 6.32. The van der Waals surface area contributed by atoms with E-state index in [0.717, 1.165) is 11.0 Å². The molecule has 0 aromatic carbocycles. The van der Waals surface area contributed by atoms with E-state index in [9.17, 15) is 23.6 Å². The van der Waals surface area contributed by atoms with Crippen LogP contribution in [0.4, 0.5) is 10.3 Å². The predicted octanol–water partition coefficient (Wildman–Crippen LogP) is 0.0246. The number of aromatic nitrogens is 10. The van der Waals surface area contributed by atoms with Crippen LogP contribution in [0.25, 0.3) is 22.3 Å². The lowest BCUT2D eigenvalue weighted by atomic mass is 10.1. The molecule has 0 bridgehead atoms. The fraction of sp³-hybridized carbons (Fsp3) is 0.556. The zero-order chi connectivity index (χ0) is 31.4. The molecule has 2 saturated heterocycles. The third-order valence-electron chi connectivity index (χ3n) is 6.57. The van der Waals surface area contributed by atoms with Crippen molar-refractivity contribution >= 4 is 66.4 Å². The lowest BCUT2D eigenvalue weighted by Gasteiger charge is -2.24. The molecule has 0 saturated carbocycles. The molecular weight excluding hydrogens is 675 g/mol. The molecule has 4 aromatic rings. The summed E-state index contributed by atoms with van der Waals surface area (Å²) in [4.78, 5) is 46.1. The molecule has 0 aliphatic carbocycles. The SMILES string of the molecule is Nc1nc2c(nnn2[C@H]2CC[C@@H](COP(=O)(S)O[C@H]3[C@H](F)[C@H](n4nnc5c(=O)[nH]cnc54)O[C@@H]3COP(=O)(O)S)O2)c(=O)[nH]1. The number of thiol groups is 2. The second-order valence-corrected chi connectivity index (χ2v) is 15.1. The fourth-order valence-electron chi connectivity index (χ4n) is 4.67. The van der Waals surface area contributed by atoms with Gasteiger partial charge in [-0.05, 0) is 12.8 Å². The third-order valence-corrected chi connectivity index (χ3v) is 9.02. The number of hydrogen-bond donors (Lipinski definition) is 6. The van der Waals surface area contributed by atoms with Gasteiger partial charge in [0.1, 0.15) is 12.2 Å². The average molecular weight is 698 g/mol. The Bertz CT molecular complexity index is 1920. The molecule has 2 aliphatic rings. The van der Waals surface area contributed by atoms with Gasteiger partial charge in [-0.1, -0.05) is 34.9 Å². The van der Waals surface area contributed by atoms with Gasteiger partial charge in [-0.2, -0.15) is 14.3 Å². The Kier molecular flexibility index (Phi) is 8.41. The highest BCUT2D eigenvalue weighted by Crippen LogP contribution is 2.57. The van der Waals surface area contributed by atoms with Crippen LogP contribution in [0.1, 0.15) is 25.3 Å². The van der Waals surface area contributed by atoms with Gasteiger partial charge in [0, 0.05) is 0 Å². The van der Waals surface area contributed by atoms with Crippen molar-refractivity contribution < 1.29 is 41.5 Å². The maximum Gasteiger partial charge on any atom is 0.386 e. The van der Waals surface area contributed by atoms with E-state index in [2.05, 4.69) is 65.1 Å². The molecule has 4 aromatic heterocycles. The quantitative estimate of drug-likeness (QED) is 0.0941. The molecular formula is C18H22FN11O10P2S2. The van der Waals surface area contributed by atoms with E-state index >= 15 is 4.39 Å². The molecule has 0 amide bonds. The van der Waals surface area contributed by atoms with Gasteiger partial charge in [-0.15, -0.1) is 10.2 Å². The van der Waals surface area contributed by atoms with Crippen LogP contribution in [-0.4, -0.2) is 92.5 Å². The summed E-state index contributed by atoms with van der Waals surface area (Å²) in [6.45, 7) is -9.76. The summed E-state index contributed by atoms with van der Waals surface area (Å²) in [5.74, 6) is -0.136. The molecule has 0 radical (unpaired) electrons. The van der Waals surface area contributed by atoms with Crippen molar-refractivity contribution in [1.29, 1.82) is 0 Å². The maximum absolute atomic E-state index is 15.8. The number of nitrogen functional groups attached to an aromatic ring is 1. The van der Waals surface area contributed by atoms with E-state index in [1.54, 1.807) is 0 Å². The van der Waals surface area contributed by atoms with Crippen molar-refractivity contribution in [2.75, 3.05) is 18.9 Å². The summed E-state index contributed by atoms with van der Waals surface area (Å²) in [6.07, 6.45) is -6.54. The van der Waals surface area contributed by atoms with E-state index in [0.29, 0.717) is 12.8 Å². The van der Waals surface area contributed by atoms with Crippen LogP contribution in [0.15, 0.2) is 15.9 Å². The molecule has 6 heterocycles. The van der Waals surface area contributed by atoms with Gasteiger partial charge in [0.15, 0.2) is 41.0 Å². The highest BCUT2D eigenvalue weighted by Gasteiger charge is 2.51. The first-order valence-corrected chi connectivity index (χ1v) is 17.9. The summed E-state index contributed by atoms with van der Waals surface area (Å²) < 4.78 is 69.9. The number of rotatable bonds is 10. The maximum atomic E-state index is 15.8. The monoisotopic (exact) mass is 697 g/mol. The van der Waals surface area contributed by atoms with E-state index in [4.69, 9.17) is 28.8 Å². The van der Waals surface area contributed by atoms with Gasteiger partial charge >= 0.3 is 13.6 Å². The number of H-pyrrole nitrogens is 2. The van der Waals surface area contributed by atoms with Gasteiger partial charge < -0.3 is 25.1 Å². The Morgan fingerprint density at radius 2 is 1.80 bits per heavy atom. The normalized spacial score (nSPS) is 28.5. The number of fused-ring (bicyclic) bond motifs is 2. The van der Waals surface area contributed by atoms with Gasteiger partial charge in [0.25, 0.3) is 11.1 Å². The number of anilines is 1. The minimum atomic E-state index is -4.36. The van der Waals surface area contributed by atoms with Crippen LogP contribution in [-0.2, 0) is 32.2 Å². The number of halogens is 1. The second-order valence-electron chi connectivity index (χ2n) is 9.52. The smallest absolute Gasteiger partial charge is 0.369 e. The van der Waals surface area contributed by atoms with Crippen LogP contribution in [0.3, 0.4) is 0 Å². The molecule has 238 valence electrons. The lowest BCUT2D eigenvalue weighted by molar-refractivity contribution is -0.0471. The first-order chi connectivity index (χ1) is 20.8. The van der Waals surface area contributed by atoms with Crippen molar-refractivity contribution in [3.05, 3.63) is 27.0 Å². The summed E-state index contributed by atoms with van der Waals surface area (Å²) in [5, 5.41) is 15.1. The van der Waals surface area contributed by atoms with Crippen LogP contribution >= 0.6 is 38.1 Å².